The summed E-state index contributed by atoms with van der Waals surface area (Å²) in [6.45, 7) is 7.76. The minimum absolute atomic E-state index is 0.146. The van der Waals surface area contributed by atoms with Crippen molar-refractivity contribution in [3.63, 3.8) is 0 Å². The Labute approximate surface area is 105 Å². The van der Waals surface area contributed by atoms with E-state index in [1.54, 1.807) is 0 Å². The van der Waals surface area contributed by atoms with E-state index in [9.17, 15) is 4.79 Å². The van der Waals surface area contributed by atoms with Crippen LogP contribution < -0.4 is 0 Å². The van der Waals surface area contributed by atoms with Crippen LogP contribution in [0.3, 0.4) is 0 Å². The first-order valence-electron chi connectivity index (χ1n) is 5.96. The molecule has 0 aliphatic rings. The molecule has 0 aromatic rings. The molecule has 0 aromatic carbocycles. The lowest BCUT2D eigenvalue weighted by Gasteiger charge is -2.02. The molecule has 0 fully saturated rings. The van der Waals surface area contributed by atoms with Gasteiger partial charge >= 0.3 is 0 Å². The molecule has 0 atom stereocenters. The van der Waals surface area contributed by atoms with E-state index in [0.29, 0.717) is 6.42 Å². The molecule has 1 heteroatoms. The fourth-order valence-electron chi connectivity index (χ4n) is 1.38. The predicted octanol–water partition coefficient (Wildman–Crippen LogP) is 4.55. The first kappa shape index (κ1) is 15.4. The summed E-state index contributed by atoms with van der Waals surface area (Å²) in [4.78, 5) is 12.1. The van der Waals surface area contributed by atoms with Crippen LogP contribution in [0.25, 0.3) is 0 Å². The SMILES string of the molecule is C\C=C/C=C(\C=C/C)C(=O)CC(/C=C\C)=C/C. The first-order valence-corrected chi connectivity index (χ1v) is 5.96. The molecule has 17 heavy (non-hydrogen) atoms. The highest BCUT2D eigenvalue weighted by Gasteiger charge is 2.06. The average molecular weight is 230 g/mol. The molecule has 0 amide bonds. The quantitative estimate of drug-likeness (QED) is 0.483. The summed E-state index contributed by atoms with van der Waals surface area (Å²) >= 11 is 0. The average Bonchev–Trinajstić information content (AvgIpc) is 2.33. The molecule has 0 heterocycles. The van der Waals surface area contributed by atoms with E-state index in [1.807, 2.05) is 76.3 Å². The van der Waals surface area contributed by atoms with Gasteiger partial charge in [0.05, 0.1) is 0 Å². The maximum Gasteiger partial charge on any atom is 0.167 e. The van der Waals surface area contributed by atoms with Gasteiger partial charge in [-0.25, -0.2) is 0 Å². The molecule has 0 N–H and O–H groups in total. The van der Waals surface area contributed by atoms with Crippen molar-refractivity contribution in [1.82, 2.24) is 0 Å². The van der Waals surface area contributed by atoms with Crippen LogP contribution in [0.4, 0.5) is 0 Å². The molecule has 0 saturated heterocycles. The summed E-state index contributed by atoms with van der Waals surface area (Å²) in [5, 5.41) is 0. The van der Waals surface area contributed by atoms with Crippen molar-refractivity contribution in [3.8, 4) is 0 Å². The molecule has 0 aromatic heterocycles. The summed E-state index contributed by atoms with van der Waals surface area (Å²) in [5.41, 5.74) is 1.79. The van der Waals surface area contributed by atoms with E-state index in [-0.39, 0.29) is 5.78 Å². The molecule has 0 radical (unpaired) electrons. The van der Waals surface area contributed by atoms with Crippen molar-refractivity contribution >= 4 is 5.78 Å². The van der Waals surface area contributed by atoms with Gasteiger partial charge in [0.25, 0.3) is 0 Å². The Hall–Kier alpha value is -1.63. The monoisotopic (exact) mass is 230 g/mol. The Morgan fingerprint density at radius 3 is 2.06 bits per heavy atom. The van der Waals surface area contributed by atoms with E-state index in [1.165, 1.54) is 0 Å². The summed E-state index contributed by atoms with van der Waals surface area (Å²) in [6.07, 6.45) is 15.7. The number of carbonyl (C=O) groups is 1. The molecule has 0 saturated carbocycles. The van der Waals surface area contributed by atoms with Crippen molar-refractivity contribution < 1.29 is 4.79 Å². The van der Waals surface area contributed by atoms with Gasteiger partial charge in [0.1, 0.15) is 0 Å². The van der Waals surface area contributed by atoms with Crippen LogP contribution in [0.2, 0.25) is 0 Å². The van der Waals surface area contributed by atoms with Gasteiger partial charge in [-0.05, 0) is 33.3 Å². The van der Waals surface area contributed by atoms with Crippen LogP contribution in [0.15, 0.2) is 59.8 Å². The van der Waals surface area contributed by atoms with Gasteiger partial charge in [-0.1, -0.05) is 48.6 Å². The smallest absolute Gasteiger partial charge is 0.167 e. The molecule has 92 valence electrons. The van der Waals surface area contributed by atoms with E-state index in [2.05, 4.69) is 0 Å². The Balaban J connectivity index is 4.87. The topological polar surface area (TPSA) is 17.1 Å². The minimum Gasteiger partial charge on any atom is -0.294 e. The van der Waals surface area contributed by atoms with Gasteiger partial charge in [0, 0.05) is 12.0 Å². The second-order valence-electron chi connectivity index (χ2n) is 3.61. The molecular weight excluding hydrogens is 208 g/mol. The zero-order chi connectivity index (χ0) is 13.1. The second-order valence-corrected chi connectivity index (χ2v) is 3.61. The Morgan fingerprint density at radius 2 is 1.59 bits per heavy atom. The zero-order valence-corrected chi connectivity index (χ0v) is 11.2. The molecule has 0 spiro atoms. The third-order valence-electron chi connectivity index (χ3n) is 2.25. The summed E-state index contributed by atoms with van der Waals surface area (Å²) in [5.74, 6) is 0.146. The number of Topliss-reactive ketones (excluding diaryl/α,β-unsaturated/α-hetero) is 1. The summed E-state index contributed by atoms with van der Waals surface area (Å²) in [6, 6.07) is 0. The number of hydrogen-bond donors (Lipinski definition) is 0. The Kier molecular flexibility index (Phi) is 8.67. The van der Waals surface area contributed by atoms with Crippen LogP contribution in [0.1, 0.15) is 34.1 Å². The highest BCUT2D eigenvalue weighted by molar-refractivity contribution is 5.99. The van der Waals surface area contributed by atoms with Crippen LogP contribution in [0.5, 0.6) is 0 Å². The summed E-state index contributed by atoms with van der Waals surface area (Å²) < 4.78 is 0. The molecule has 0 aliphatic carbocycles. The van der Waals surface area contributed by atoms with Crippen LogP contribution in [-0.4, -0.2) is 5.78 Å². The van der Waals surface area contributed by atoms with Crippen LogP contribution in [-0.2, 0) is 4.79 Å². The maximum atomic E-state index is 12.1. The fourth-order valence-corrected chi connectivity index (χ4v) is 1.38. The normalized spacial score (nSPS) is 14.4. The van der Waals surface area contributed by atoms with Gasteiger partial charge in [0.15, 0.2) is 5.78 Å². The largest absolute Gasteiger partial charge is 0.294 e. The van der Waals surface area contributed by atoms with Crippen molar-refractivity contribution in [3.05, 3.63) is 59.8 Å². The van der Waals surface area contributed by atoms with E-state index >= 15 is 0 Å². The fraction of sp³-hybridized carbons (Fsp3) is 0.312. The highest BCUT2D eigenvalue weighted by atomic mass is 16.1. The number of allylic oxidation sites excluding steroid dienone is 10. The lowest BCUT2D eigenvalue weighted by atomic mass is 10.0. The van der Waals surface area contributed by atoms with Crippen LogP contribution >= 0.6 is 0 Å². The first-order chi connectivity index (χ1) is 8.19. The third kappa shape index (κ3) is 6.52. The van der Waals surface area contributed by atoms with Gasteiger partial charge in [-0.2, -0.15) is 0 Å². The molecule has 0 aliphatic heterocycles. The zero-order valence-electron chi connectivity index (χ0n) is 11.2. The lowest BCUT2D eigenvalue weighted by Crippen LogP contribution is -2.01. The number of ketones is 1. The number of rotatable bonds is 6. The Bertz CT molecular complexity index is 376. The van der Waals surface area contributed by atoms with Crippen molar-refractivity contribution in [2.75, 3.05) is 0 Å². The maximum absolute atomic E-state index is 12.1. The van der Waals surface area contributed by atoms with Gasteiger partial charge in [-0.15, -0.1) is 0 Å². The third-order valence-corrected chi connectivity index (χ3v) is 2.25. The van der Waals surface area contributed by atoms with Crippen molar-refractivity contribution in [2.45, 2.75) is 34.1 Å². The second kappa shape index (κ2) is 9.59. The van der Waals surface area contributed by atoms with Gasteiger partial charge in [0.2, 0.25) is 0 Å². The minimum atomic E-state index is 0.146. The molecule has 0 bridgehead atoms. The molecule has 1 nitrogen and oxygen atoms in total. The standard InChI is InChI=1S/C16H22O/c1-5-9-12-15(11-7-3)16(17)13-14(8-4)10-6-2/h5-12H,13H2,1-4H3/b9-5-,10-6-,11-7-,14-8+,15-12+. The number of hydrogen-bond acceptors (Lipinski definition) is 1. The van der Waals surface area contributed by atoms with Gasteiger partial charge in [-0.3, -0.25) is 4.79 Å². The van der Waals surface area contributed by atoms with Crippen LogP contribution in [0, 0.1) is 0 Å². The molecule has 0 unspecified atom stereocenters. The lowest BCUT2D eigenvalue weighted by molar-refractivity contribution is -0.114. The predicted molar refractivity (Wildman–Crippen MR) is 75.9 cm³/mol. The van der Waals surface area contributed by atoms with Crippen molar-refractivity contribution in [2.24, 2.45) is 0 Å². The molecule has 0 rings (SSSR count). The highest BCUT2D eigenvalue weighted by Crippen LogP contribution is 2.11. The Morgan fingerprint density at radius 1 is 0.941 bits per heavy atom. The molecular formula is C16H22O. The van der Waals surface area contributed by atoms with Gasteiger partial charge < -0.3 is 0 Å². The van der Waals surface area contributed by atoms with E-state index in [0.717, 1.165) is 11.1 Å². The number of carbonyl (C=O) groups excluding carboxylic acids is 1. The summed E-state index contributed by atoms with van der Waals surface area (Å²) in [7, 11) is 0. The van der Waals surface area contributed by atoms with Crippen molar-refractivity contribution in [1.29, 1.82) is 0 Å². The van der Waals surface area contributed by atoms with E-state index in [4.69, 9.17) is 0 Å². The van der Waals surface area contributed by atoms with E-state index < -0.39 is 0 Å².